The van der Waals surface area contributed by atoms with Crippen molar-refractivity contribution in [2.24, 2.45) is 0 Å². The van der Waals surface area contributed by atoms with Crippen molar-refractivity contribution in [1.82, 2.24) is 4.90 Å². The van der Waals surface area contributed by atoms with E-state index in [1.54, 1.807) is 5.57 Å². The van der Waals surface area contributed by atoms with Crippen LogP contribution < -0.4 is 0 Å². The molecule has 0 aromatic heterocycles. The Labute approximate surface area is 151 Å². The summed E-state index contributed by atoms with van der Waals surface area (Å²) in [6.45, 7) is 3.81. The van der Waals surface area contributed by atoms with Gasteiger partial charge in [0.15, 0.2) is 0 Å². The molecule has 0 unspecified atom stereocenters. The fourth-order valence-corrected chi connectivity index (χ4v) is 4.42. The van der Waals surface area contributed by atoms with Gasteiger partial charge in [-0.05, 0) is 49.8 Å². The molecule has 25 heavy (non-hydrogen) atoms. The van der Waals surface area contributed by atoms with E-state index in [1.807, 2.05) is 0 Å². The SMILES string of the molecule is OC1(c2ccc(C=C3CCCN(C4CCC4)CC3)cc2)CCOCC1. The van der Waals surface area contributed by atoms with Crippen LogP contribution >= 0.6 is 0 Å². The van der Waals surface area contributed by atoms with Crippen LogP contribution in [0.15, 0.2) is 29.8 Å². The van der Waals surface area contributed by atoms with Crippen LogP contribution in [0.3, 0.4) is 0 Å². The predicted octanol–water partition coefficient (Wildman–Crippen LogP) is 4.11. The van der Waals surface area contributed by atoms with Crippen LogP contribution in [-0.4, -0.2) is 42.4 Å². The number of hydrogen-bond acceptors (Lipinski definition) is 3. The van der Waals surface area contributed by atoms with E-state index in [0.717, 1.165) is 11.6 Å². The van der Waals surface area contributed by atoms with Crippen LogP contribution in [0.2, 0.25) is 0 Å². The van der Waals surface area contributed by atoms with Gasteiger partial charge in [0.1, 0.15) is 0 Å². The molecule has 4 rings (SSSR count). The molecule has 3 fully saturated rings. The largest absolute Gasteiger partial charge is 0.385 e. The first kappa shape index (κ1) is 17.3. The van der Waals surface area contributed by atoms with Crippen molar-refractivity contribution in [1.29, 1.82) is 0 Å². The van der Waals surface area contributed by atoms with Crippen molar-refractivity contribution in [3.05, 3.63) is 41.0 Å². The number of rotatable bonds is 3. The Kier molecular flexibility index (Phi) is 5.25. The monoisotopic (exact) mass is 341 g/mol. The molecule has 3 heteroatoms. The maximum atomic E-state index is 10.8. The summed E-state index contributed by atoms with van der Waals surface area (Å²) in [6, 6.07) is 9.43. The second-order valence-corrected chi connectivity index (χ2v) is 8.04. The Hall–Kier alpha value is -1.16. The Bertz CT molecular complexity index is 597. The molecule has 0 bridgehead atoms. The van der Waals surface area contributed by atoms with Crippen molar-refractivity contribution in [2.75, 3.05) is 26.3 Å². The van der Waals surface area contributed by atoms with Gasteiger partial charge in [-0.2, -0.15) is 0 Å². The molecule has 0 amide bonds. The van der Waals surface area contributed by atoms with E-state index in [2.05, 4.69) is 35.2 Å². The lowest BCUT2D eigenvalue weighted by Gasteiger charge is -2.36. The highest BCUT2D eigenvalue weighted by molar-refractivity contribution is 5.53. The second kappa shape index (κ2) is 7.61. The maximum absolute atomic E-state index is 10.8. The third-order valence-electron chi connectivity index (χ3n) is 6.39. The highest BCUT2D eigenvalue weighted by Gasteiger charge is 2.31. The molecule has 1 N–H and O–H groups in total. The smallest absolute Gasteiger partial charge is 0.0940 e. The van der Waals surface area contributed by atoms with Crippen LogP contribution in [0, 0.1) is 0 Å². The predicted molar refractivity (Wildman–Crippen MR) is 101 cm³/mol. The first-order valence-electron chi connectivity index (χ1n) is 10.1. The Morgan fingerprint density at radius 2 is 1.76 bits per heavy atom. The molecule has 0 radical (unpaired) electrons. The zero-order chi connectivity index (χ0) is 17.1. The zero-order valence-corrected chi connectivity index (χ0v) is 15.3. The van der Waals surface area contributed by atoms with Crippen LogP contribution in [0.25, 0.3) is 6.08 Å². The van der Waals surface area contributed by atoms with Gasteiger partial charge in [-0.15, -0.1) is 0 Å². The van der Waals surface area contributed by atoms with Gasteiger partial charge in [0.25, 0.3) is 0 Å². The lowest BCUT2D eigenvalue weighted by Crippen LogP contribution is -2.40. The molecule has 0 atom stereocenters. The van der Waals surface area contributed by atoms with Gasteiger partial charge in [-0.3, -0.25) is 0 Å². The lowest BCUT2D eigenvalue weighted by molar-refractivity contribution is -0.0679. The molecule has 3 aliphatic rings. The number of aliphatic hydroxyl groups is 1. The molecular formula is C22H31NO2. The number of nitrogens with zero attached hydrogens (tertiary/aromatic N) is 1. The first-order valence-corrected chi connectivity index (χ1v) is 10.1. The first-order chi connectivity index (χ1) is 12.2. The maximum Gasteiger partial charge on any atom is 0.0940 e. The van der Waals surface area contributed by atoms with E-state index in [4.69, 9.17) is 4.74 Å². The molecule has 1 aliphatic carbocycles. The van der Waals surface area contributed by atoms with Crippen molar-refractivity contribution in [2.45, 2.75) is 63.0 Å². The second-order valence-electron chi connectivity index (χ2n) is 8.04. The van der Waals surface area contributed by atoms with Gasteiger partial charge in [-0.1, -0.05) is 42.3 Å². The Morgan fingerprint density at radius 1 is 1.00 bits per heavy atom. The van der Waals surface area contributed by atoms with Crippen LogP contribution in [0.4, 0.5) is 0 Å². The molecule has 2 heterocycles. The minimum Gasteiger partial charge on any atom is -0.385 e. The van der Waals surface area contributed by atoms with Gasteiger partial charge < -0.3 is 14.7 Å². The number of likely N-dealkylation sites (tertiary alicyclic amines) is 1. The summed E-state index contributed by atoms with van der Waals surface area (Å²) in [4.78, 5) is 2.72. The quantitative estimate of drug-likeness (QED) is 0.898. The third-order valence-corrected chi connectivity index (χ3v) is 6.39. The summed E-state index contributed by atoms with van der Waals surface area (Å²) >= 11 is 0. The van der Waals surface area contributed by atoms with Gasteiger partial charge in [-0.25, -0.2) is 0 Å². The van der Waals surface area contributed by atoms with E-state index < -0.39 is 5.60 Å². The fourth-order valence-electron chi connectivity index (χ4n) is 4.42. The number of benzene rings is 1. The van der Waals surface area contributed by atoms with E-state index >= 15 is 0 Å². The lowest BCUT2D eigenvalue weighted by atomic mass is 9.86. The van der Waals surface area contributed by atoms with E-state index in [0.29, 0.717) is 26.1 Å². The van der Waals surface area contributed by atoms with E-state index in [-0.39, 0.29) is 0 Å². The molecule has 3 nitrogen and oxygen atoms in total. The fraction of sp³-hybridized carbons (Fsp3) is 0.636. The topological polar surface area (TPSA) is 32.7 Å². The Morgan fingerprint density at radius 3 is 2.44 bits per heavy atom. The minimum absolute atomic E-state index is 0.653. The minimum atomic E-state index is -0.699. The average Bonchev–Trinajstić information content (AvgIpc) is 2.80. The molecule has 0 spiro atoms. The molecule has 2 aliphatic heterocycles. The Balaban J connectivity index is 1.40. The molecule has 136 valence electrons. The zero-order valence-electron chi connectivity index (χ0n) is 15.3. The van der Waals surface area contributed by atoms with Crippen molar-refractivity contribution in [3.63, 3.8) is 0 Å². The highest BCUT2D eigenvalue weighted by atomic mass is 16.5. The average molecular weight is 341 g/mol. The molecule has 2 saturated heterocycles. The van der Waals surface area contributed by atoms with Gasteiger partial charge in [0.05, 0.1) is 5.60 Å². The standard InChI is InChI=1S/C22H31NO2/c24-22(11-15-25-16-12-22)20-8-6-19(7-9-20)17-18-3-2-13-23(14-10-18)21-4-1-5-21/h6-9,17,21,24H,1-5,10-16H2. The molecular weight excluding hydrogens is 310 g/mol. The van der Waals surface area contributed by atoms with Gasteiger partial charge in [0.2, 0.25) is 0 Å². The van der Waals surface area contributed by atoms with Gasteiger partial charge in [0, 0.05) is 38.6 Å². The van der Waals surface area contributed by atoms with E-state index in [1.165, 1.54) is 57.2 Å². The summed E-state index contributed by atoms with van der Waals surface area (Å²) < 4.78 is 5.39. The highest BCUT2D eigenvalue weighted by Crippen LogP contribution is 2.32. The third kappa shape index (κ3) is 3.99. The molecule has 1 aromatic rings. The number of ether oxygens (including phenoxy) is 1. The van der Waals surface area contributed by atoms with Crippen molar-refractivity contribution >= 4 is 6.08 Å². The van der Waals surface area contributed by atoms with Gasteiger partial charge >= 0.3 is 0 Å². The summed E-state index contributed by atoms with van der Waals surface area (Å²) in [5.41, 5.74) is 3.19. The summed E-state index contributed by atoms with van der Waals surface area (Å²) in [6.07, 6.45) is 11.8. The van der Waals surface area contributed by atoms with Crippen molar-refractivity contribution in [3.8, 4) is 0 Å². The number of hydrogen-bond donors (Lipinski definition) is 1. The van der Waals surface area contributed by atoms with Crippen LogP contribution in [0.5, 0.6) is 0 Å². The van der Waals surface area contributed by atoms with Crippen LogP contribution in [0.1, 0.15) is 62.5 Å². The van der Waals surface area contributed by atoms with E-state index in [9.17, 15) is 5.11 Å². The van der Waals surface area contributed by atoms with Crippen molar-refractivity contribution < 1.29 is 9.84 Å². The summed E-state index contributed by atoms with van der Waals surface area (Å²) in [5, 5.41) is 10.8. The van der Waals surface area contributed by atoms with Crippen LogP contribution in [-0.2, 0) is 10.3 Å². The molecule has 1 aromatic carbocycles. The summed E-state index contributed by atoms with van der Waals surface area (Å²) in [7, 11) is 0. The summed E-state index contributed by atoms with van der Waals surface area (Å²) in [5.74, 6) is 0. The molecule has 1 saturated carbocycles. The normalized spacial score (nSPS) is 27.0.